The van der Waals surface area contributed by atoms with Gasteiger partial charge >= 0.3 is 0 Å². The molecular weight excluding hydrogens is 318 g/mol. The Bertz CT molecular complexity index is 845. The van der Waals surface area contributed by atoms with E-state index in [-0.39, 0.29) is 18.7 Å². The summed E-state index contributed by atoms with van der Waals surface area (Å²) in [4.78, 5) is 26.9. The molecule has 0 fully saturated rings. The molecule has 1 amide bonds. The fourth-order valence-electron chi connectivity index (χ4n) is 3.12. The molecule has 1 atom stereocenters. The zero-order valence-electron chi connectivity index (χ0n) is 13.9. The number of hydrogen-bond donors (Lipinski definition) is 1. The second-order valence-electron chi connectivity index (χ2n) is 5.91. The Morgan fingerprint density at radius 2 is 2.04 bits per heavy atom. The van der Waals surface area contributed by atoms with Gasteiger partial charge in [-0.05, 0) is 18.2 Å². The summed E-state index contributed by atoms with van der Waals surface area (Å²) in [6.07, 6.45) is 1.26. The van der Waals surface area contributed by atoms with Crippen LogP contribution in [0.15, 0.2) is 61.2 Å². The van der Waals surface area contributed by atoms with Crippen molar-refractivity contribution in [3.63, 3.8) is 0 Å². The number of benzene rings is 2. The van der Waals surface area contributed by atoms with E-state index in [9.17, 15) is 14.7 Å². The molecule has 2 aromatic rings. The van der Waals surface area contributed by atoms with Crippen molar-refractivity contribution in [2.24, 2.45) is 0 Å². The number of rotatable bonds is 6. The molecule has 0 saturated carbocycles. The van der Waals surface area contributed by atoms with Crippen LogP contribution >= 0.6 is 0 Å². The summed E-state index contributed by atoms with van der Waals surface area (Å²) < 4.78 is 5.13. The highest BCUT2D eigenvalue weighted by Gasteiger charge is 2.50. The lowest BCUT2D eigenvalue weighted by Gasteiger charge is -2.22. The summed E-state index contributed by atoms with van der Waals surface area (Å²) >= 11 is 0. The molecule has 128 valence electrons. The smallest absolute Gasteiger partial charge is 0.264 e. The molecule has 0 aliphatic carbocycles. The van der Waals surface area contributed by atoms with Gasteiger partial charge in [-0.2, -0.15) is 0 Å². The van der Waals surface area contributed by atoms with Gasteiger partial charge in [0, 0.05) is 17.7 Å². The quantitative estimate of drug-likeness (QED) is 0.650. The first-order valence-corrected chi connectivity index (χ1v) is 7.93. The summed E-state index contributed by atoms with van der Waals surface area (Å²) in [6, 6.07) is 13.6. The van der Waals surface area contributed by atoms with Gasteiger partial charge in [0.15, 0.2) is 11.4 Å². The van der Waals surface area contributed by atoms with E-state index in [0.717, 1.165) is 0 Å². The molecule has 0 saturated heterocycles. The van der Waals surface area contributed by atoms with Gasteiger partial charge in [-0.1, -0.05) is 36.4 Å². The van der Waals surface area contributed by atoms with Gasteiger partial charge in [0.05, 0.1) is 19.2 Å². The lowest BCUT2D eigenvalue weighted by atomic mass is 9.88. The van der Waals surface area contributed by atoms with Crippen molar-refractivity contribution < 1.29 is 19.4 Å². The molecule has 0 bridgehead atoms. The van der Waals surface area contributed by atoms with Crippen LogP contribution in [0.3, 0.4) is 0 Å². The van der Waals surface area contributed by atoms with E-state index in [4.69, 9.17) is 4.74 Å². The number of aliphatic hydroxyl groups is 1. The van der Waals surface area contributed by atoms with Crippen molar-refractivity contribution in [2.45, 2.75) is 12.0 Å². The van der Waals surface area contributed by atoms with E-state index < -0.39 is 11.5 Å². The average Bonchev–Trinajstić information content (AvgIpc) is 2.84. The van der Waals surface area contributed by atoms with Crippen LogP contribution in [0.1, 0.15) is 22.3 Å². The van der Waals surface area contributed by atoms with Crippen molar-refractivity contribution >= 4 is 17.4 Å². The monoisotopic (exact) mass is 337 g/mol. The number of nitrogens with zero attached hydrogens (tertiary/aromatic N) is 1. The molecule has 0 spiro atoms. The van der Waals surface area contributed by atoms with Gasteiger partial charge in [-0.25, -0.2) is 0 Å². The van der Waals surface area contributed by atoms with E-state index in [2.05, 4.69) is 6.58 Å². The Morgan fingerprint density at radius 3 is 2.76 bits per heavy atom. The highest BCUT2D eigenvalue weighted by atomic mass is 16.5. The summed E-state index contributed by atoms with van der Waals surface area (Å²) in [5.41, 5.74) is -0.439. The minimum Gasteiger partial charge on any atom is -0.497 e. The van der Waals surface area contributed by atoms with Crippen LogP contribution in [0.4, 0.5) is 5.69 Å². The molecule has 2 aromatic carbocycles. The summed E-state index contributed by atoms with van der Waals surface area (Å²) in [5, 5.41) is 11.1. The Kier molecular flexibility index (Phi) is 4.42. The Hall–Kier alpha value is -2.92. The number of ketones is 1. The average molecular weight is 337 g/mol. The van der Waals surface area contributed by atoms with Crippen LogP contribution in [-0.4, -0.2) is 30.5 Å². The number of ether oxygens (including phenoxy) is 1. The Labute approximate surface area is 146 Å². The molecule has 5 heteroatoms. The number of para-hydroxylation sites is 1. The van der Waals surface area contributed by atoms with Crippen LogP contribution in [0.25, 0.3) is 0 Å². The molecule has 0 aromatic heterocycles. The minimum absolute atomic E-state index is 0.269. The van der Waals surface area contributed by atoms with E-state index in [1.807, 2.05) is 0 Å². The van der Waals surface area contributed by atoms with Crippen molar-refractivity contribution in [3.8, 4) is 5.75 Å². The first-order valence-electron chi connectivity index (χ1n) is 7.93. The number of anilines is 1. The first-order chi connectivity index (χ1) is 12.0. The number of carbonyl (C=O) groups is 2. The SMILES string of the molecule is C=CCN1C(=O)[C@](O)(CC(=O)c2cccc(OC)c2)c2ccccc21. The first kappa shape index (κ1) is 16.9. The lowest BCUT2D eigenvalue weighted by molar-refractivity contribution is -0.135. The van der Waals surface area contributed by atoms with Crippen LogP contribution in [-0.2, 0) is 10.4 Å². The summed E-state index contributed by atoms with van der Waals surface area (Å²) in [7, 11) is 1.51. The number of fused-ring (bicyclic) bond motifs is 1. The topological polar surface area (TPSA) is 66.8 Å². The number of carbonyl (C=O) groups excluding carboxylic acids is 2. The fraction of sp³-hybridized carbons (Fsp3) is 0.200. The molecule has 1 aliphatic rings. The molecule has 1 heterocycles. The number of methoxy groups -OCH3 is 1. The van der Waals surface area contributed by atoms with Gasteiger partial charge in [0.2, 0.25) is 0 Å². The second-order valence-corrected chi connectivity index (χ2v) is 5.91. The number of hydrogen-bond acceptors (Lipinski definition) is 4. The maximum absolute atomic E-state index is 12.8. The van der Waals surface area contributed by atoms with Crippen LogP contribution in [0, 0.1) is 0 Å². The molecule has 25 heavy (non-hydrogen) atoms. The predicted molar refractivity (Wildman–Crippen MR) is 94.8 cm³/mol. The minimum atomic E-state index is -1.88. The zero-order chi connectivity index (χ0) is 18.0. The largest absolute Gasteiger partial charge is 0.497 e. The maximum Gasteiger partial charge on any atom is 0.264 e. The molecule has 5 nitrogen and oxygen atoms in total. The van der Waals surface area contributed by atoms with Crippen molar-refractivity contribution in [1.82, 2.24) is 0 Å². The van der Waals surface area contributed by atoms with Crippen LogP contribution < -0.4 is 9.64 Å². The zero-order valence-corrected chi connectivity index (χ0v) is 13.9. The van der Waals surface area contributed by atoms with Crippen molar-refractivity contribution in [1.29, 1.82) is 0 Å². The predicted octanol–water partition coefficient (Wildman–Crippen LogP) is 2.69. The fourth-order valence-corrected chi connectivity index (χ4v) is 3.12. The molecule has 0 radical (unpaired) electrons. The standard InChI is InChI=1S/C20H19NO4/c1-3-11-21-17-10-5-4-9-16(17)20(24,19(21)23)13-18(22)14-7-6-8-15(12-14)25-2/h3-10,12,24H,1,11,13H2,2H3/t20-/m0/s1. The maximum atomic E-state index is 12.8. The summed E-state index contributed by atoms with van der Waals surface area (Å²) in [5.74, 6) is -0.292. The van der Waals surface area contributed by atoms with E-state index >= 15 is 0 Å². The highest BCUT2D eigenvalue weighted by Crippen LogP contribution is 2.42. The third-order valence-electron chi connectivity index (χ3n) is 4.36. The van der Waals surface area contributed by atoms with Crippen molar-refractivity contribution in [2.75, 3.05) is 18.6 Å². The van der Waals surface area contributed by atoms with Crippen LogP contribution in [0.2, 0.25) is 0 Å². The second kappa shape index (κ2) is 6.53. The Balaban J connectivity index is 1.96. The normalized spacial score (nSPS) is 18.8. The van der Waals surface area contributed by atoms with Gasteiger partial charge in [0.1, 0.15) is 5.75 Å². The van der Waals surface area contributed by atoms with Gasteiger partial charge in [-0.3, -0.25) is 9.59 Å². The molecule has 1 aliphatic heterocycles. The molecular formula is C20H19NO4. The van der Waals surface area contributed by atoms with E-state index in [0.29, 0.717) is 22.6 Å². The third kappa shape index (κ3) is 2.83. The van der Waals surface area contributed by atoms with Crippen LogP contribution in [0.5, 0.6) is 5.75 Å². The third-order valence-corrected chi connectivity index (χ3v) is 4.36. The highest BCUT2D eigenvalue weighted by molar-refractivity contribution is 6.10. The number of Topliss-reactive ketones (excluding diaryl/α,β-unsaturated/α-hetero) is 1. The van der Waals surface area contributed by atoms with Gasteiger partial charge in [-0.15, -0.1) is 6.58 Å². The lowest BCUT2D eigenvalue weighted by Crippen LogP contribution is -2.41. The summed E-state index contributed by atoms with van der Waals surface area (Å²) in [6.45, 7) is 3.92. The molecule has 1 N–H and O–H groups in total. The van der Waals surface area contributed by atoms with E-state index in [1.165, 1.54) is 12.0 Å². The molecule has 0 unspecified atom stereocenters. The van der Waals surface area contributed by atoms with Gasteiger partial charge in [0.25, 0.3) is 5.91 Å². The van der Waals surface area contributed by atoms with Crippen molar-refractivity contribution in [3.05, 3.63) is 72.3 Å². The Morgan fingerprint density at radius 1 is 1.28 bits per heavy atom. The van der Waals surface area contributed by atoms with E-state index in [1.54, 1.807) is 54.6 Å². The molecule has 3 rings (SSSR count). The number of amides is 1. The van der Waals surface area contributed by atoms with Gasteiger partial charge < -0.3 is 14.7 Å².